The third-order valence-corrected chi connectivity index (χ3v) is 5.41. The average Bonchev–Trinajstić information content (AvgIpc) is 2.86. The zero-order valence-electron chi connectivity index (χ0n) is 15.2. The maximum atomic E-state index is 11.8. The fourth-order valence-corrected chi connectivity index (χ4v) is 4.29. The first-order valence-electron chi connectivity index (χ1n) is 9.56. The molecule has 1 heterocycles. The van der Waals surface area contributed by atoms with Gasteiger partial charge in [0.15, 0.2) is 0 Å². The molecule has 0 saturated carbocycles. The first kappa shape index (κ1) is 17.9. The molecule has 3 atom stereocenters. The second-order valence-electron chi connectivity index (χ2n) is 7.02. The van der Waals surface area contributed by atoms with Gasteiger partial charge in [-0.2, -0.15) is 0 Å². The first-order chi connectivity index (χ1) is 12.2. The molecular weight excluding hydrogens is 312 g/mol. The summed E-state index contributed by atoms with van der Waals surface area (Å²) in [5, 5.41) is 9.70. The lowest BCUT2D eigenvalue weighted by atomic mass is 9.76. The van der Waals surface area contributed by atoms with Crippen molar-refractivity contribution in [2.75, 3.05) is 0 Å². The van der Waals surface area contributed by atoms with Gasteiger partial charge in [0.1, 0.15) is 0 Å². The standard InChI is InChI=1S/C22H28O3/c1-3-10-19-15(4-2)21(16-11-8-9-12-17(16)22(23)24)18-13-6-5-7-14-20(18)25-19/h6,8-9,11-13,15,19-20H,3-5,7,10,14H2,1-2H3,(H,23,24). The number of hydrogen-bond acceptors (Lipinski definition) is 2. The quantitative estimate of drug-likeness (QED) is 0.773. The monoisotopic (exact) mass is 340 g/mol. The van der Waals surface area contributed by atoms with Crippen LogP contribution < -0.4 is 0 Å². The third kappa shape index (κ3) is 3.57. The number of hydrogen-bond donors (Lipinski definition) is 1. The Bertz CT molecular complexity index is 686. The van der Waals surface area contributed by atoms with Crippen LogP contribution in [0.15, 0.2) is 42.0 Å². The third-order valence-electron chi connectivity index (χ3n) is 5.41. The zero-order valence-corrected chi connectivity index (χ0v) is 15.2. The van der Waals surface area contributed by atoms with E-state index in [-0.39, 0.29) is 18.1 Å². The van der Waals surface area contributed by atoms with E-state index >= 15 is 0 Å². The fourth-order valence-electron chi connectivity index (χ4n) is 4.29. The van der Waals surface area contributed by atoms with Crippen LogP contribution in [0.3, 0.4) is 0 Å². The average molecular weight is 340 g/mol. The summed E-state index contributed by atoms with van der Waals surface area (Å²) in [6.07, 6.45) is 10.9. The molecule has 3 rings (SSSR count). The van der Waals surface area contributed by atoms with Crippen molar-refractivity contribution < 1.29 is 14.6 Å². The number of carboxylic acids is 1. The van der Waals surface area contributed by atoms with E-state index in [1.165, 1.54) is 11.1 Å². The minimum absolute atomic E-state index is 0.0925. The Morgan fingerprint density at radius 1 is 1.28 bits per heavy atom. The van der Waals surface area contributed by atoms with E-state index in [1.807, 2.05) is 18.2 Å². The maximum Gasteiger partial charge on any atom is 0.336 e. The van der Waals surface area contributed by atoms with Gasteiger partial charge in [-0.05, 0) is 54.9 Å². The predicted molar refractivity (Wildman–Crippen MR) is 101 cm³/mol. The summed E-state index contributed by atoms with van der Waals surface area (Å²) < 4.78 is 6.51. The van der Waals surface area contributed by atoms with Gasteiger partial charge in [-0.25, -0.2) is 4.79 Å². The van der Waals surface area contributed by atoms with E-state index in [9.17, 15) is 9.90 Å². The summed E-state index contributed by atoms with van der Waals surface area (Å²) in [6, 6.07) is 7.44. The van der Waals surface area contributed by atoms with Crippen molar-refractivity contribution in [1.82, 2.24) is 0 Å². The highest BCUT2D eigenvalue weighted by Gasteiger charge is 2.37. The first-order valence-corrected chi connectivity index (χ1v) is 9.56. The van der Waals surface area contributed by atoms with Crippen molar-refractivity contribution in [1.29, 1.82) is 0 Å². The summed E-state index contributed by atoms with van der Waals surface area (Å²) in [4.78, 5) is 11.8. The van der Waals surface area contributed by atoms with Crippen LogP contribution in [0.5, 0.6) is 0 Å². The van der Waals surface area contributed by atoms with Crippen LogP contribution in [-0.2, 0) is 4.74 Å². The normalized spacial score (nSPS) is 26.2. The molecule has 0 amide bonds. The van der Waals surface area contributed by atoms with Gasteiger partial charge in [0.25, 0.3) is 0 Å². The Hall–Kier alpha value is -1.87. The van der Waals surface area contributed by atoms with Crippen LogP contribution in [-0.4, -0.2) is 23.3 Å². The highest BCUT2D eigenvalue weighted by Crippen LogP contribution is 2.44. The summed E-state index contributed by atoms with van der Waals surface area (Å²) in [5.74, 6) is -0.610. The Labute approximate surface area is 150 Å². The van der Waals surface area contributed by atoms with Gasteiger partial charge in [0, 0.05) is 5.92 Å². The number of allylic oxidation sites excluding steroid dienone is 1. The van der Waals surface area contributed by atoms with E-state index < -0.39 is 5.97 Å². The van der Waals surface area contributed by atoms with Crippen molar-refractivity contribution in [2.24, 2.45) is 5.92 Å². The van der Waals surface area contributed by atoms with E-state index in [0.717, 1.165) is 44.1 Å². The van der Waals surface area contributed by atoms with Gasteiger partial charge < -0.3 is 9.84 Å². The highest BCUT2D eigenvalue weighted by molar-refractivity contribution is 5.95. The minimum Gasteiger partial charge on any atom is -0.478 e. The molecule has 2 aliphatic rings. The lowest BCUT2D eigenvalue weighted by molar-refractivity contribution is -0.0309. The SMILES string of the molecule is CCCC1OC2CCCC=CC2=C(c2ccccc2C(=O)O)C1CC. The number of benzene rings is 1. The van der Waals surface area contributed by atoms with Crippen molar-refractivity contribution in [3.05, 3.63) is 53.1 Å². The van der Waals surface area contributed by atoms with Crippen LogP contribution in [0.2, 0.25) is 0 Å². The van der Waals surface area contributed by atoms with Gasteiger partial charge in [-0.1, -0.05) is 50.6 Å². The molecule has 25 heavy (non-hydrogen) atoms. The van der Waals surface area contributed by atoms with Gasteiger partial charge >= 0.3 is 5.97 Å². The molecule has 1 aliphatic carbocycles. The van der Waals surface area contributed by atoms with Gasteiger partial charge in [-0.3, -0.25) is 0 Å². The van der Waals surface area contributed by atoms with E-state index in [2.05, 4.69) is 26.0 Å². The predicted octanol–water partition coefficient (Wildman–Crippen LogP) is 5.47. The lowest BCUT2D eigenvalue weighted by Crippen LogP contribution is -2.36. The second kappa shape index (κ2) is 8.01. The Morgan fingerprint density at radius 2 is 2.08 bits per heavy atom. The lowest BCUT2D eigenvalue weighted by Gasteiger charge is -2.40. The topological polar surface area (TPSA) is 46.5 Å². The molecule has 1 aromatic carbocycles. The molecular formula is C22H28O3. The zero-order chi connectivity index (χ0) is 17.8. The molecule has 3 heteroatoms. The fraction of sp³-hybridized carbons (Fsp3) is 0.500. The number of ether oxygens (including phenoxy) is 1. The van der Waals surface area contributed by atoms with Gasteiger partial charge in [-0.15, -0.1) is 0 Å². The summed E-state index contributed by atoms with van der Waals surface area (Å²) in [6.45, 7) is 4.37. The van der Waals surface area contributed by atoms with Gasteiger partial charge in [0.2, 0.25) is 0 Å². The van der Waals surface area contributed by atoms with E-state index in [1.54, 1.807) is 6.07 Å². The Balaban J connectivity index is 2.20. The van der Waals surface area contributed by atoms with Crippen LogP contribution >= 0.6 is 0 Å². The van der Waals surface area contributed by atoms with Crippen LogP contribution in [0.4, 0.5) is 0 Å². The summed E-state index contributed by atoms with van der Waals surface area (Å²) >= 11 is 0. The molecule has 0 spiro atoms. The molecule has 0 saturated heterocycles. The largest absolute Gasteiger partial charge is 0.478 e. The Morgan fingerprint density at radius 3 is 2.80 bits per heavy atom. The number of carboxylic acid groups (broad SMARTS) is 1. The molecule has 134 valence electrons. The van der Waals surface area contributed by atoms with Gasteiger partial charge in [0.05, 0.1) is 17.8 Å². The minimum atomic E-state index is -0.855. The van der Waals surface area contributed by atoms with Crippen molar-refractivity contribution in [3.63, 3.8) is 0 Å². The van der Waals surface area contributed by atoms with E-state index in [0.29, 0.717) is 5.56 Å². The van der Waals surface area contributed by atoms with Crippen LogP contribution in [0, 0.1) is 5.92 Å². The molecule has 0 fully saturated rings. The number of rotatable bonds is 5. The molecule has 0 bridgehead atoms. The summed E-state index contributed by atoms with van der Waals surface area (Å²) in [7, 11) is 0. The maximum absolute atomic E-state index is 11.8. The number of aromatic carboxylic acids is 1. The van der Waals surface area contributed by atoms with Crippen molar-refractivity contribution >= 4 is 11.5 Å². The number of fused-ring (bicyclic) bond motifs is 1. The summed E-state index contributed by atoms with van der Waals surface area (Å²) in [5.41, 5.74) is 3.67. The van der Waals surface area contributed by atoms with Crippen molar-refractivity contribution in [2.45, 2.75) is 64.6 Å². The molecule has 0 aromatic heterocycles. The number of carbonyl (C=O) groups is 1. The smallest absolute Gasteiger partial charge is 0.336 e. The van der Waals surface area contributed by atoms with E-state index in [4.69, 9.17) is 4.74 Å². The molecule has 1 aromatic rings. The molecule has 1 aliphatic heterocycles. The highest BCUT2D eigenvalue weighted by atomic mass is 16.5. The van der Waals surface area contributed by atoms with Crippen LogP contribution in [0.1, 0.15) is 68.3 Å². The molecule has 3 unspecified atom stereocenters. The molecule has 3 nitrogen and oxygen atoms in total. The van der Waals surface area contributed by atoms with Crippen LogP contribution in [0.25, 0.3) is 5.57 Å². The Kier molecular flexibility index (Phi) is 5.74. The van der Waals surface area contributed by atoms with Crippen molar-refractivity contribution in [3.8, 4) is 0 Å². The molecule has 0 radical (unpaired) electrons. The molecule has 1 N–H and O–H groups in total. The second-order valence-corrected chi connectivity index (χ2v) is 7.02.